The number of carbonyl (C=O) groups is 2. The number of nitrogens with one attached hydrogen (secondary N) is 1. The van der Waals surface area contributed by atoms with Gasteiger partial charge in [-0.25, -0.2) is 9.18 Å². The molecule has 1 amide bonds. The molecule has 2 heterocycles. The number of hydrogen-bond donors (Lipinski definition) is 1. The Balaban J connectivity index is 1.59. The van der Waals surface area contributed by atoms with Crippen LogP contribution in [0.5, 0.6) is 5.75 Å². The van der Waals surface area contributed by atoms with Gasteiger partial charge in [-0.2, -0.15) is 0 Å². The minimum Gasteiger partial charge on any atom is -0.497 e. The summed E-state index contributed by atoms with van der Waals surface area (Å²) in [7, 11) is 1.63. The van der Waals surface area contributed by atoms with Gasteiger partial charge in [0, 0.05) is 29.2 Å². The van der Waals surface area contributed by atoms with Crippen LogP contribution in [-0.2, 0) is 16.0 Å². The van der Waals surface area contributed by atoms with Crippen LogP contribution in [0.25, 0.3) is 27.6 Å². The van der Waals surface area contributed by atoms with Gasteiger partial charge in [-0.1, -0.05) is 24.3 Å². The zero-order chi connectivity index (χ0) is 25.2. The number of aromatic amines is 1. The lowest BCUT2D eigenvalue weighted by molar-refractivity contribution is -0.136. The molecule has 1 N–H and O–H groups in total. The third-order valence-corrected chi connectivity index (χ3v) is 6.29. The number of fused-ring (bicyclic) bond motifs is 3. The van der Waals surface area contributed by atoms with Crippen molar-refractivity contribution in [2.24, 2.45) is 0 Å². The molecule has 0 saturated heterocycles. The molecule has 0 spiro atoms. The number of amides is 1. The average Bonchev–Trinajstić information content (AvgIpc) is 3.14. The minimum atomic E-state index is -0.530. The van der Waals surface area contributed by atoms with Gasteiger partial charge in [0.05, 0.1) is 25.0 Å². The van der Waals surface area contributed by atoms with Gasteiger partial charge in [0.1, 0.15) is 11.6 Å². The Hall–Kier alpha value is -4.39. The molecule has 1 aliphatic rings. The number of carbonyl (C=O) groups excluding carboxylic acids is 2. The fraction of sp³-hybridized carbons (Fsp3) is 0.172. The van der Waals surface area contributed by atoms with E-state index in [2.05, 4.69) is 11.1 Å². The zero-order valence-electron chi connectivity index (χ0n) is 20.0. The van der Waals surface area contributed by atoms with E-state index in [0.717, 1.165) is 33.3 Å². The van der Waals surface area contributed by atoms with Crippen molar-refractivity contribution in [3.63, 3.8) is 0 Å². The smallest absolute Gasteiger partial charge is 0.341 e. The topological polar surface area (TPSA) is 71.6 Å². The summed E-state index contributed by atoms with van der Waals surface area (Å²) in [5, 5.41) is 0.959. The number of nitrogens with zero attached hydrogens (tertiary/aromatic N) is 1. The fourth-order valence-corrected chi connectivity index (χ4v) is 4.55. The van der Waals surface area contributed by atoms with Gasteiger partial charge >= 0.3 is 5.97 Å². The normalized spacial score (nSPS) is 13.1. The van der Waals surface area contributed by atoms with Crippen LogP contribution in [0.15, 0.2) is 72.9 Å². The number of methoxy groups -OCH3 is 1. The zero-order valence-corrected chi connectivity index (χ0v) is 20.0. The van der Waals surface area contributed by atoms with Gasteiger partial charge in [0.15, 0.2) is 0 Å². The first-order chi connectivity index (χ1) is 17.5. The number of aromatic nitrogens is 1. The molecule has 0 aliphatic carbocycles. The maximum Gasteiger partial charge on any atom is 0.341 e. The van der Waals surface area contributed by atoms with Crippen molar-refractivity contribution in [3.8, 4) is 16.9 Å². The predicted octanol–water partition coefficient (Wildman–Crippen LogP) is 5.59. The Morgan fingerprint density at radius 3 is 2.61 bits per heavy atom. The summed E-state index contributed by atoms with van der Waals surface area (Å²) < 4.78 is 24.5. The summed E-state index contributed by atoms with van der Waals surface area (Å²) in [5.41, 5.74) is 4.90. The molecular formula is C29H25FN2O4. The summed E-state index contributed by atoms with van der Waals surface area (Å²) in [6, 6.07) is 19.4. The second-order valence-corrected chi connectivity index (χ2v) is 8.49. The van der Waals surface area contributed by atoms with E-state index < -0.39 is 11.8 Å². The molecule has 7 heteroatoms. The Morgan fingerprint density at radius 2 is 1.83 bits per heavy atom. The van der Waals surface area contributed by atoms with Crippen molar-refractivity contribution < 1.29 is 23.5 Å². The van der Waals surface area contributed by atoms with Crippen LogP contribution >= 0.6 is 0 Å². The lowest BCUT2D eigenvalue weighted by Crippen LogP contribution is -2.28. The standard InChI is InChI=1S/C29H25FN2O4/c1-3-36-29(34)25-17-32(28(33)20-7-4-8-21(30)14-20)13-12-23-24-16-19(10-11-26(24)31-27(23)25)18-6-5-9-22(15-18)35-2/h4-11,14-17,31H,3,12-13H2,1-2H3. The molecule has 0 saturated carbocycles. The van der Waals surface area contributed by atoms with E-state index >= 15 is 0 Å². The SMILES string of the molecule is CCOC(=O)C1=CN(C(=O)c2cccc(F)c2)CCc2c1[nH]c1ccc(-c3cccc(OC)c3)cc21. The van der Waals surface area contributed by atoms with Crippen LogP contribution in [0.3, 0.4) is 0 Å². The van der Waals surface area contributed by atoms with Gasteiger partial charge in [-0.05, 0) is 72.5 Å². The molecule has 1 aromatic heterocycles. The van der Waals surface area contributed by atoms with E-state index in [4.69, 9.17) is 9.47 Å². The quantitative estimate of drug-likeness (QED) is 0.375. The van der Waals surface area contributed by atoms with Crippen molar-refractivity contribution in [1.82, 2.24) is 9.88 Å². The van der Waals surface area contributed by atoms with Crippen LogP contribution < -0.4 is 4.74 Å². The number of hydrogen-bond acceptors (Lipinski definition) is 4. The monoisotopic (exact) mass is 484 g/mol. The summed E-state index contributed by atoms with van der Waals surface area (Å²) in [5.74, 6) is -0.647. The number of ether oxygens (including phenoxy) is 2. The van der Waals surface area contributed by atoms with E-state index in [0.29, 0.717) is 18.7 Å². The molecule has 3 aromatic carbocycles. The van der Waals surface area contributed by atoms with Gasteiger partial charge in [0.2, 0.25) is 0 Å². The summed E-state index contributed by atoms with van der Waals surface area (Å²) in [4.78, 5) is 31.0. The van der Waals surface area contributed by atoms with Gasteiger partial charge in [-0.3, -0.25) is 4.79 Å². The first-order valence-corrected chi connectivity index (χ1v) is 11.7. The van der Waals surface area contributed by atoms with E-state index in [1.165, 1.54) is 29.3 Å². The molecule has 1 aliphatic heterocycles. The molecule has 0 unspecified atom stereocenters. The van der Waals surface area contributed by atoms with Crippen LogP contribution in [0, 0.1) is 5.82 Å². The van der Waals surface area contributed by atoms with Crippen molar-refractivity contribution in [2.45, 2.75) is 13.3 Å². The maximum absolute atomic E-state index is 13.8. The maximum atomic E-state index is 13.8. The third-order valence-electron chi connectivity index (χ3n) is 6.29. The summed E-state index contributed by atoms with van der Waals surface area (Å²) in [6.45, 7) is 2.25. The molecule has 182 valence electrons. The second-order valence-electron chi connectivity index (χ2n) is 8.49. The van der Waals surface area contributed by atoms with Crippen molar-refractivity contribution in [1.29, 1.82) is 0 Å². The number of benzene rings is 3. The van der Waals surface area contributed by atoms with Gasteiger partial charge < -0.3 is 19.4 Å². The molecule has 6 nitrogen and oxygen atoms in total. The van der Waals surface area contributed by atoms with Crippen LogP contribution in [0.2, 0.25) is 0 Å². The van der Waals surface area contributed by atoms with Crippen molar-refractivity contribution >= 4 is 28.4 Å². The Labute approximate surface area is 208 Å². The van der Waals surface area contributed by atoms with Crippen molar-refractivity contribution in [2.75, 3.05) is 20.3 Å². The highest BCUT2D eigenvalue weighted by Crippen LogP contribution is 2.35. The lowest BCUT2D eigenvalue weighted by Gasteiger charge is -2.18. The predicted molar refractivity (Wildman–Crippen MR) is 136 cm³/mol. The second kappa shape index (κ2) is 9.70. The minimum absolute atomic E-state index is 0.198. The van der Waals surface area contributed by atoms with E-state index in [1.807, 2.05) is 36.4 Å². The van der Waals surface area contributed by atoms with E-state index in [1.54, 1.807) is 20.1 Å². The first-order valence-electron chi connectivity index (χ1n) is 11.7. The number of esters is 1. The van der Waals surface area contributed by atoms with E-state index in [-0.39, 0.29) is 23.7 Å². The third kappa shape index (κ3) is 4.35. The molecule has 0 fully saturated rings. The summed E-state index contributed by atoms with van der Waals surface area (Å²) in [6.07, 6.45) is 2.01. The number of rotatable bonds is 5. The molecule has 0 bridgehead atoms. The molecule has 4 aromatic rings. The lowest BCUT2D eigenvalue weighted by atomic mass is 9.99. The van der Waals surface area contributed by atoms with Gasteiger partial charge in [-0.15, -0.1) is 0 Å². The molecule has 0 radical (unpaired) electrons. The highest BCUT2D eigenvalue weighted by Gasteiger charge is 2.28. The number of halogens is 1. The van der Waals surface area contributed by atoms with E-state index in [9.17, 15) is 14.0 Å². The summed E-state index contributed by atoms with van der Waals surface area (Å²) >= 11 is 0. The average molecular weight is 485 g/mol. The largest absolute Gasteiger partial charge is 0.497 e. The number of H-pyrrole nitrogens is 1. The van der Waals surface area contributed by atoms with Crippen LogP contribution in [0.4, 0.5) is 4.39 Å². The fourth-order valence-electron chi connectivity index (χ4n) is 4.55. The Kier molecular flexibility index (Phi) is 6.29. The molecule has 5 rings (SSSR count). The molecule has 0 atom stereocenters. The highest BCUT2D eigenvalue weighted by atomic mass is 19.1. The van der Waals surface area contributed by atoms with Crippen molar-refractivity contribution in [3.05, 3.63) is 95.6 Å². The van der Waals surface area contributed by atoms with Crippen LogP contribution in [-0.4, -0.2) is 42.0 Å². The highest BCUT2D eigenvalue weighted by molar-refractivity contribution is 6.18. The Bertz CT molecular complexity index is 1500. The molecular weight excluding hydrogens is 459 g/mol. The molecule has 36 heavy (non-hydrogen) atoms. The first kappa shape index (κ1) is 23.4. The van der Waals surface area contributed by atoms with Gasteiger partial charge in [0.25, 0.3) is 5.91 Å². The van der Waals surface area contributed by atoms with Crippen LogP contribution in [0.1, 0.15) is 28.5 Å². The Morgan fingerprint density at radius 1 is 1.03 bits per heavy atom.